The summed E-state index contributed by atoms with van der Waals surface area (Å²) < 4.78 is 14.4. The number of methoxy groups -OCH3 is 1. The van der Waals surface area contributed by atoms with Crippen LogP contribution >= 0.6 is 11.8 Å². The van der Waals surface area contributed by atoms with Gasteiger partial charge in [0.2, 0.25) is 0 Å². The van der Waals surface area contributed by atoms with Crippen molar-refractivity contribution in [2.75, 3.05) is 53.5 Å². The number of rotatable bonds is 5. The third-order valence-corrected chi connectivity index (χ3v) is 7.51. The molecule has 1 aromatic heterocycles. The highest BCUT2D eigenvalue weighted by Crippen LogP contribution is 2.46. The van der Waals surface area contributed by atoms with E-state index in [1.807, 2.05) is 17.8 Å². The zero-order valence-electron chi connectivity index (χ0n) is 17.9. The van der Waals surface area contributed by atoms with E-state index in [1.54, 1.807) is 7.11 Å². The van der Waals surface area contributed by atoms with Gasteiger partial charge in [0, 0.05) is 59.7 Å². The van der Waals surface area contributed by atoms with Crippen LogP contribution in [0.4, 0.5) is 0 Å². The van der Waals surface area contributed by atoms with Crippen molar-refractivity contribution >= 4 is 22.7 Å². The summed E-state index contributed by atoms with van der Waals surface area (Å²) in [4.78, 5) is 7.53. The summed E-state index contributed by atoms with van der Waals surface area (Å²) in [6, 6.07) is 15.1. The van der Waals surface area contributed by atoms with Crippen LogP contribution in [0.3, 0.4) is 0 Å². The fraction of sp³-hybridized carbons (Fsp3) is 0.417. The standard InChI is InChI=1S/C24H29N3O2S/c1-17-24(30-20-7-5-4-6-8-20)21-13-19(28-3)14-22-23(21)27(17)18(16-29-22)15-26-11-9-25(2)10-12-26/h4-8,13-14,18H,9-12,15-16H2,1-3H3. The minimum atomic E-state index is 0.321. The van der Waals surface area contributed by atoms with Crippen LogP contribution < -0.4 is 9.47 Å². The second-order valence-electron chi connectivity index (χ2n) is 8.29. The molecule has 158 valence electrons. The largest absolute Gasteiger partial charge is 0.497 e. The summed E-state index contributed by atoms with van der Waals surface area (Å²) >= 11 is 1.83. The fourth-order valence-corrected chi connectivity index (χ4v) is 5.66. The quantitative estimate of drug-likeness (QED) is 0.611. The van der Waals surface area contributed by atoms with Crippen molar-refractivity contribution in [3.63, 3.8) is 0 Å². The van der Waals surface area contributed by atoms with E-state index >= 15 is 0 Å². The predicted octanol–water partition coefficient (Wildman–Crippen LogP) is 4.29. The minimum absolute atomic E-state index is 0.321. The molecule has 0 amide bonds. The van der Waals surface area contributed by atoms with Gasteiger partial charge in [0.15, 0.2) is 0 Å². The van der Waals surface area contributed by atoms with Gasteiger partial charge in [-0.1, -0.05) is 30.0 Å². The van der Waals surface area contributed by atoms with E-state index in [4.69, 9.17) is 9.47 Å². The Bertz CT molecular complexity index is 1040. The average Bonchev–Trinajstić information content (AvgIpc) is 3.05. The van der Waals surface area contributed by atoms with Crippen LogP contribution in [-0.4, -0.2) is 67.9 Å². The lowest BCUT2D eigenvalue weighted by Crippen LogP contribution is -2.47. The third-order valence-electron chi connectivity index (χ3n) is 6.28. The summed E-state index contributed by atoms with van der Waals surface area (Å²) in [6.07, 6.45) is 0. The number of benzene rings is 2. The van der Waals surface area contributed by atoms with E-state index in [0.29, 0.717) is 12.6 Å². The van der Waals surface area contributed by atoms with E-state index in [-0.39, 0.29) is 0 Å². The van der Waals surface area contributed by atoms with Crippen LogP contribution in [0.1, 0.15) is 11.7 Å². The predicted molar refractivity (Wildman–Crippen MR) is 122 cm³/mol. The van der Waals surface area contributed by atoms with Crippen molar-refractivity contribution in [1.29, 1.82) is 0 Å². The topological polar surface area (TPSA) is 29.9 Å². The van der Waals surface area contributed by atoms with Gasteiger partial charge >= 0.3 is 0 Å². The molecule has 1 atom stereocenters. The van der Waals surface area contributed by atoms with Crippen molar-refractivity contribution in [1.82, 2.24) is 14.4 Å². The second kappa shape index (κ2) is 8.17. The molecule has 1 fully saturated rings. The summed E-state index contributed by atoms with van der Waals surface area (Å²) in [7, 11) is 3.93. The molecule has 2 aliphatic rings. The first-order valence-corrected chi connectivity index (χ1v) is 11.4. The Morgan fingerprint density at radius 3 is 2.60 bits per heavy atom. The maximum atomic E-state index is 6.28. The number of hydrogen-bond acceptors (Lipinski definition) is 5. The van der Waals surface area contributed by atoms with Crippen molar-refractivity contribution < 1.29 is 9.47 Å². The molecule has 3 aromatic rings. The highest BCUT2D eigenvalue weighted by atomic mass is 32.2. The Morgan fingerprint density at radius 2 is 1.87 bits per heavy atom. The summed E-state index contributed by atoms with van der Waals surface area (Å²) in [6.45, 7) is 8.50. The zero-order valence-corrected chi connectivity index (χ0v) is 18.7. The van der Waals surface area contributed by atoms with Crippen molar-refractivity contribution in [2.24, 2.45) is 0 Å². The molecule has 0 saturated carbocycles. The molecule has 30 heavy (non-hydrogen) atoms. The molecular weight excluding hydrogens is 394 g/mol. The van der Waals surface area contributed by atoms with Crippen LogP contribution in [0, 0.1) is 6.92 Å². The van der Waals surface area contributed by atoms with Crippen molar-refractivity contribution in [2.45, 2.75) is 22.8 Å². The lowest BCUT2D eigenvalue weighted by Gasteiger charge is -2.36. The highest BCUT2D eigenvalue weighted by molar-refractivity contribution is 7.99. The van der Waals surface area contributed by atoms with E-state index in [2.05, 4.69) is 64.7 Å². The normalized spacial score (nSPS) is 19.8. The van der Waals surface area contributed by atoms with Crippen LogP contribution in [0.15, 0.2) is 52.3 Å². The number of ether oxygens (including phenoxy) is 2. The van der Waals surface area contributed by atoms with Gasteiger partial charge in [-0.2, -0.15) is 0 Å². The van der Waals surface area contributed by atoms with Crippen LogP contribution in [-0.2, 0) is 0 Å². The SMILES string of the molecule is COc1cc2c3c(c1)c(Sc1ccccc1)c(C)n3C(CN1CCN(C)CC1)CO2. The lowest BCUT2D eigenvalue weighted by atomic mass is 10.1. The Kier molecular flexibility index (Phi) is 5.39. The maximum absolute atomic E-state index is 6.28. The average molecular weight is 424 g/mol. The Balaban J connectivity index is 1.57. The van der Waals surface area contributed by atoms with E-state index in [1.165, 1.54) is 26.4 Å². The molecule has 3 heterocycles. The molecular formula is C24H29N3O2S. The molecule has 2 aromatic carbocycles. The van der Waals surface area contributed by atoms with Gasteiger partial charge in [-0.05, 0) is 32.2 Å². The van der Waals surface area contributed by atoms with Crippen molar-refractivity contribution in [3.8, 4) is 11.5 Å². The second-order valence-corrected chi connectivity index (χ2v) is 9.37. The van der Waals surface area contributed by atoms with Gasteiger partial charge < -0.3 is 18.9 Å². The number of aromatic nitrogens is 1. The molecule has 6 heteroatoms. The molecule has 0 radical (unpaired) electrons. The summed E-state index contributed by atoms with van der Waals surface area (Å²) in [5.41, 5.74) is 2.52. The van der Waals surface area contributed by atoms with Crippen LogP contribution in [0.2, 0.25) is 0 Å². The number of piperazine rings is 1. The van der Waals surface area contributed by atoms with Gasteiger partial charge in [-0.3, -0.25) is 4.90 Å². The minimum Gasteiger partial charge on any atom is -0.497 e. The third kappa shape index (κ3) is 3.57. The van der Waals surface area contributed by atoms with Crippen LogP contribution in [0.25, 0.3) is 10.9 Å². The lowest BCUT2D eigenvalue weighted by molar-refractivity contribution is 0.117. The van der Waals surface area contributed by atoms with Gasteiger partial charge in [-0.25, -0.2) is 0 Å². The van der Waals surface area contributed by atoms with Crippen LogP contribution in [0.5, 0.6) is 11.5 Å². The first kappa shape index (κ1) is 19.8. The Hall–Kier alpha value is -2.15. The van der Waals surface area contributed by atoms with Crippen molar-refractivity contribution in [3.05, 3.63) is 48.2 Å². The summed E-state index contributed by atoms with van der Waals surface area (Å²) in [5, 5.41) is 1.22. The number of hydrogen-bond donors (Lipinski definition) is 0. The smallest absolute Gasteiger partial charge is 0.147 e. The van der Waals surface area contributed by atoms with E-state index < -0.39 is 0 Å². The molecule has 2 aliphatic heterocycles. The molecule has 5 nitrogen and oxygen atoms in total. The Morgan fingerprint density at radius 1 is 1.10 bits per heavy atom. The summed E-state index contributed by atoms with van der Waals surface area (Å²) in [5.74, 6) is 1.78. The molecule has 0 aliphatic carbocycles. The monoisotopic (exact) mass is 423 g/mol. The first-order chi connectivity index (χ1) is 14.6. The van der Waals surface area contributed by atoms with Gasteiger partial charge in [-0.15, -0.1) is 0 Å². The van der Waals surface area contributed by atoms with Gasteiger partial charge in [0.05, 0.1) is 18.7 Å². The van der Waals surface area contributed by atoms with E-state index in [9.17, 15) is 0 Å². The molecule has 0 bridgehead atoms. The first-order valence-electron chi connectivity index (χ1n) is 10.6. The molecule has 1 unspecified atom stereocenters. The Labute approximate surface area is 182 Å². The van der Waals surface area contributed by atoms with Gasteiger partial charge in [0.25, 0.3) is 0 Å². The number of likely N-dealkylation sites (N-methyl/N-ethyl adjacent to an activating group) is 1. The number of nitrogens with zero attached hydrogens (tertiary/aromatic N) is 3. The maximum Gasteiger partial charge on any atom is 0.147 e. The molecule has 0 N–H and O–H groups in total. The van der Waals surface area contributed by atoms with Gasteiger partial charge in [0.1, 0.15) is 18.1 Å². The molecule has 5 rings (SSSR count). The fourth-order valence-electron chi connectivity index (χ4n) is 4.62. The van der Waals surface area contributed by atoms with E-state index in [0.717, 1.165) is 44.2 Å². The highest BCUT2D eigenvalue weighted by Gasteiger charge is 2.30. The molecule has 1 saturated heterocycles. The molecule has 0 spiro atoms. The zero-order chi connectivity index (χ0) is 20.7.